The van der Waals surface area contributed by atoms with Gasteiger partial charge in [0.2, 0.25) is 0 Å². The van der Waals surface area contributed by atoms with Gasteiger partial charge in [0, 0.05) is 18.0 Å². The van der Waals surface area contributed by atoms with Crippen LogP contribution in [0.4, 0.5) is 4.39 Å². The molecular formula is C15H14FN3O2. The molecule has 1 heterocycles. The van der Waals surface area contributed by atoms with Gasteiger partial charge in [-0.2, -0.15) is 5.10 Å². The molecule has 2 rings (SSSR count). The molecule has 0 atom stereocenters. The van der Waals surface area contributed by atoms with Crippen LogP contribution >= 0.6 is 0 Å². The quantitative estimate of drug-likeness (QED) is 0.670. The first-order chi connectivity index (χ1) is 10.1. The minimum atomic E-state index is -0.484. The summed E-state index contributed by atoms with van der Waals surface area (Å²) in [7, 11) is 0. The number of nitrogens with one attached hydrogen (secondary N) is 1. The van der Waals surface area contributed by atoms with Gasteiger partial charge in [-0.05, 0) is 36.8 Å². The maximum Gasteiger partial charge on any atom is 0.272 e. The van der Waals surface area contributed by atoms with Crippen LogP contribution in [-0.2, 0) is 0 Å². The monoisotopic (exact) mass is 287 g/mol. The minimum Gasteiger partial charge on any atom is -0.507 e. The van der Waals surface area contributed by atoms with E-state index in [0.29, 0.717) is 17.7 Å². The maximum atomic E-state index is 13.2. The Hall–Kier alpha value is -2.76. The van der Waals surface area contributed by atoms with Crippen LogP contribution in [-0.4, -0.2) is 21.7 Å². The lowest BCUT2D eigenvalue weighted by atomic mass is 10.1. The van der Waals surface area contributed by atoms with E-state index in [2.05, 4.69) is 15.5 Å². The number of carbonyl (C=O) groups excluding carboxylic acids is 1. The van der Waals surface area contributed by atoms with E-state index in [4.69, 9.17) is 0 Å². The Balaban J connectivity index is 2.21. The second-order valence-corrected chi connectivity index (χ2v) is 4.26. The Bertz CT molecular complexity index is 672. The van der Waals surface area contributed by atoms with Crippen LogP contribution in [0.5, 0.6) is 5.75 Å². The van der Waals surface area contributed by atoms with Crippen molar-refractivity contribution in [3.8, 4) is 5.75 Å². The molecule has 0 unspecified atom stereocenters. The zero-order chi connectivity index (χ0) is 15.2. The van der Waals surface area contributed by atoms with Gasteiger partial charge in [0.05, 0.1) is 11.3 Å². The lowest BCUT2D eigenvalue weighted by molar-refractivity contribution is 0.0954. The number of phenolic OH excluding ortho intramolecular Hbond substituents is 1. The summed E-state index contributed by atoms with van der Waals surface area (Å²) in [6.07, 6.45) is 3.39. The van der Waals surface area contributed by atoms with Crippen LogP contribution < -0.4 is 5.43 Å². The number of amides is 1. The summed E-state index contributed by atoms with van der Waals surface area (Å²) in [5, 5.41) is 13.7. The Morgan fingerprint density at radius 2 is 2.24 bits per heavy atom. The fourth-order valence-corrected chi connectivity index (χ4v) is 1.75. The van der Waals surface area contributed by atoms with Crippen LogP contribution in [0.1, 0.15) is 29.3 Å². The first-order valence-corrected chi connectivity index (χ1v) is 6.37. The van der Waals surface area contributed by atoms with E-state index in [0.717, 1.165) is 6.07 Å². The van der Waals surface area contributed by atoms with Crippen molar-refractivity contribution >= 4 is 11.6 Å². The van der Waals surface area contributed by atoms with Gasteiger partial charge in [-0.1, -0.05) is 6.92 Å². The van der Waals surface area contributed by atoms with E-state index in [1.165, 1.54) is 18.3 Å². The van der Waals surface area contributed by atoms with E-state index in [1.807, 2.05) is 0 Å². The normalized spacial score (nSPS) is 11.2. The SMILES string of the molecule is CC/C(=N\NC(=O)c1cccnc1)c1cc(F)ccc1O. The van der Waals surface area contributed by atoms with Gasteiger partial charge in [0.1, 0.15) is 11.6 Å². The number of aromatic nitrogens is 1. The second-order valence-electron chi connectivity index (χ2n) is 4.26. The third kappa shape index (κ3) is 3.62. The fourth-order valence-electron chi connectivity index (χ4n) is 1.75. The lowest BCUT2D eigenvalue weighted by Crippen LogP contribution is -2.20. The average molecular weight is 287 g/mol. The van der Waals surface area contributed by atoms with Crippen molar-refractivity contribution in [2.45, 2.75) is 13.3 Å². The molecule has 5 nitrogen and oxygen atoms in total. The molecule has 0 aliphatic carbocycles. The number of rotatable bonds is 4. The van der Waals surface area contributed by atoms with E-state index >= 15 is 0 Å². The summed E-state index contributed by atoms with van der Waals surface area (Å²) in [6.45, 7) is 1.79. The molecule has 0 fully saturated rings. The van der Waals surface area contributed by atoms with Gasteiger partial charge < -0.3 is 5.11 Å². The maximum absolute atomic E-state index is 13.2. The van der Waals surface area contributed by atoms with E-state index < -0.39 is 11.7 Å². The Morgan fingerprint density at radius 3 is 2.90 bits per heavy atom. The third-order valence-corrected chi connectivity index (χ3v) is 2.82. The van der Waals surface area contributed by atoms with Gasteiger partial charge in [-0.25, -0.2) is 9.82 Å². The van der Waals surface area contributed by atoms with Crippen molar-refractivity contribution in [2.24, 2.45) is 5.10 Å². The topological polar surface area (TPSA) is 74.6 Å². The van der Waals surface area contributed by atoms with E-state index in [-0.39, 0.29) is 11.3 Å². The summed E-state index contributed by atoms with van der Waals surface area (Å²) in [5.41, 5.74) is 3.36. The third-order valence-electron chi connectivity index (χ3n) is 2.82. The van der Waals surface area contributed by atoms with Crippen molar-refractivity contribution < 1.29 is 14.3 Å². The standard InChI is InChI=1S/C15H14FN3O2/c1-2-13(12-8-11(16)5-6-14(12)20)18-19-15(21)10-4-3-7-17-9-10/h3-9,20H,2H2,1H3,(H,19,21)/b18-13+. The minimum absolute atomic E-state index is 0.0902. The zero-order valence-corrected chi connectivity index (χ0v) is 11.4. The smallest absolute Gasteiger partial charge is 0.272 e. The molecule has 0 aliphatic rings. The molecule has 1 amide bonds. The average Bonchev–Trinajstić information content (AvgIpc) is 2.51. The van der Waals surface area contributed by atoms with Crippen LogP contribution in [0.25, 0.3) is 0 Å². The molecule has 2 aromatic rings. The van der Waals surface area contributed by atoms with Gasteiger partial charge in [-0.15, -0.1) is 0 Å². The molecule has 1 aromatic heterocycles. The lowest BCUT2D eigenvalue weighted by Gasteiger charge is -2.07. The number of benzene rings is 1. The summed E-state index contributed by atoms with van der Waals surface area (Å²) in [6, 6.07) is 6.81. The summed E-state index contributed by atoms with van der Waals surface area (Å²) in [4.78, 5) is 15.7. The van der Waals surface area contributed by atoms with Crippen LogP contribution in [0, 0.1) is 5.82 Å². The highest BCUT2D eigenvalue weighted by atomic mass is 19.1. The van der Waals surface area contributed by atoms with Gasteiger partial charge in [0.25, 0.3) is 5.91 Å². The predicted octanol–water partition coefficient (Wildman–Crippen LogP) is 2.47. The number of pyridine rings is 1. The highest BCUT2D eigenvalue weighted by molar-refractivity contribution is 6.03. The second kappa shape index (κ2) is 6.60. The van der Waals surface area contributed by atoms with Crippen LogP contribution in [0.2, 0.25) is 0 Å². The number of hydrogen-bond acceptors (Lipinski definition) is 4. The summed E-state index contributed by atoms with van der Waals surface area (Å²) in [5.74, 6) is -1.000. The molecular weight excluding hydrogens is 273 g/mol. The number of halogens is 1. The highest BCUT2D eigenvalue weighted by Gasteiger charge is 2.10. The van der Waals surface area contributed by atoms with Crippen molar-refractivity contribution in [3.05, 3.63) is 59.7 Å². The number of phenols is 1. The fraction of sp³-hybridized carbons (Fsp3) is 0.133. The van der Waals surface area contributed by atoms with E-state index in [9.17, 15) is 14.3 Å². The Labute approximate surface area is 121 Å². The van der Waals surface area contributed by atoms with Crippen molar-refractivity contribution in [1.82, 2.24) is 10.4 Å². The molecule has 1 aromatic carbocycles. The van der Waals surface area contributed by atoms with Gasteiger partial charge in [-0.3, -0.25) is 9.78 Å². The summed E-state index contributed by atoms with van der Waals surface area (Å²) < 4.78 is 13.2. The zero-order valence-electron chi connectivity index (χ0n) is 11.4. The number of carbonyl (C=O) groups is 1. The molecule has 2 N–H and O–H groups in total. The Morgan fingerprint density at radius 1 is 1.43 bits per heavy atom. The van der Waals surface area contributed by atoms with Gasteiger partial charge in [0.15, 0.2) is 0 Å². The molecule has 21 heavy (non-hydrogen) atoms. The molecule has 0 spiro atoms. The molecule has 0 saturated carbocycles. The van der Waals surface area contributed by atoms with Crippen molar-refractivity contribution in [2.75, 3.05) is 0 Å². The largest absolute Gasteiger partial charge is 0.507 e. The van der Waals surface area contributed by atoms with Crippen molar-refractivity contribution in [1.29, 1.82) is 0 Å². The Kier molecular flexibility index (Phi) is 4.61. The van der Waals surface area contributed by atoms with Crippen LogP contribution in [0.3, 0.4) is 0 Å². The number of nitrogens with zero attached hydrogens (tertiary/aromatic N) is 2. The van der Waals surface area contributed by atoms with Gasteiger partial charge >= 0.3 is 0 Å². The number of hydrogen-bond donors (Lipinski definition) is 2. The predicted molar refractivity (Wildman–Crippen MR) is 76.6 cm³/mol. The first kappa shape index (κ1) is 14.6. The molecule has 0 radical (unpaired) electrons. The van der Waals surface area contributed by atoms with E-state index in [1.54, 1.807) is 25.3 Å². The summed E-state index contributed by atoms with van der Waals surface area (Å²) >= 11 is 0. The highest BCUT2D eigenvalue weighted by Crippen LogP contribution is 2.19. The molecule has 0 bridgehead atoms. The van der Waals surface area contributed by atoms with Crippen LogP contribution in [0.15, 0.2) is 47.8 Å². The molecule has 6 heteroatoms. The first-order valence-electron chi connectivity index (χ1n) is 6.37. The van der Waals surface area contributed by atoms with Crippen molar-refractivity contribution in [3.63, 3.8) is 0 Å². The molecule has 0 aliphatic heterocycles. The number of hydrazone groups is 1. The molecule has 108 valence electrons. The molecule has 0 saturated heterocycles. The number of aromatic hydroxyl groups is 1.